The van der Waals surface area contributed by atoms with Crippen LogP contribution in [0.3, 0.4) is 0 Å². The number of aromatic nitrogens is 1. The summed E-state index contributed by atoms with van der Waals surface area (Å²) in [6.45, 7) is 1.61. The average molecular weight is 351 g/mol. The quantitative estimate of drug-likeness (QED) is 0.750. The molecule has 4 N–H and O–H groups in total. The molecule has 22 heavy (non-hydrogen) atoms. The Morgan fingerprint density at radius 3 is 2.73 bits per heavy atom. The van der Waals surface area contributed by atoms with Crippen molar-refractivity contribution in [2.24, 2.45) is 11.7 Å². The van der Waals surface area contributed by atoms with Crippen LogP contribution in [0.2, 0.25) is 0 Å². The third-order valence-electron chi connectivity index (χ3n) is 3.25. The molecule has 0 saturated carbocycles. The Morgan fingerprint density at radius 1 is 1.45 bits per heavy atom. The van der Waals surface area contributed by atoms with Crippen LogP contribution in [0.1, 0.15) is 23.2 Å². The summed E-state index contributed by atoms with van der Waals surface area (Å²) in [6.07, 6.45) is 3.27. The summed E-state index contributed by atoms with van der Waals surface area (Å²) in [6, 6.07) is 1.47. The maximum atomic E-state index is 12.1. The van der Waals surface area contributed by atoms with Crippen molar-refractivity contribution in [2.75, 3.05) is 25.5 Å². The van der Waals surface area contributed by atoms with Gasteiger partial charge in [0.2, 0.25) is 11.8 Å². The van der Waals surface area contributed by atoms with Gasteiger partial charge in [0.15, 0.2) is 0 Å². The van der Waals surface area contributed by atoms with Crippen molar-refractivity contribution in [2.45, 2.75) is 12.8 Å². The molecule has 0 spiro atoms. The third kappa shape index (κ3) is 5.01. The van der Waals surface area contributed by atoms with Gasteiger partial charge >= 0.3 is 0 Å². The van der Waals surface area contributed by atoms with Crippen LogP contribution in [0.4, 0.5) is 5.69 Å². The van der Waals surface area contributed by atoms with E-state index in [1.807, 2.05) is 0 Å². The zero-order valence-corrected chi connectivity index (χ0v) is 13.8. The van der Waals surface area contributed by atoms with Crippen LogP contribution in [0.25, 0.3) is 0 Å². The number of nitrogens with two attached hydrogens (primary N) is 1. The number of nitrogens with one attached hydrogen (secondary N) is 2. The zero-order valence-electron chi connectivity index (χ0n) is 12.1. The van der Waals surface area contributed by atoms with Gasteiger partial charge in [0.1, 0.15) is 5.56 Å². The summed E-state index contributed by atoms with van der Waals surface area (Å²) in [4.78, 5) is 27.3. The van der Waals surface area contributed by atoms with Gasteiger partial charge in [0.25, 0.3) is 5.91 Å². The molecule has 2 heterocycles. The minimum Gasteiger partial charge on any atom is -0.480 e. The first kappa shape index (κ1) is 20.4. The van der Waals surface area contributed by atoms with Gasteiger partial charge in [0.05, 0.1) is 24.9 Å². The summed E-state index contributed by atoms with van der Waals surface area (Å²) < 4.78 is 4.95. The standard InChI is InChI=1S/C13H18N4O3.2ClH/c1-20-13-10(11(14)18)5-9(7-16-13)17-12(19)8-3-2-4-15-6-8;;/h5,7-8,15H,2-4,6H2,1H3,(H2,14,18)(H,17,19);2*1H. The van der Waals surface area contributed by atoms with Gasteiger partial charge < -0.3 is 21.1 Å². The van der Waals surface area contributed by atoms with Gasteiger partial charge in [-0.05, 0) is 25.5 Å². The SMILES string of the molecule is COc1ncc(NC(=O)C2CCCNC2)cc1C(N)=O.Cl.Cl. The van der Waals surface area contributed by atoms with Crippen LogP contribution in [0.15, 0.2) is 12.3 Å². The van der Waals surface area contributed by atoms with Crippen LogP contribution in [0.5, 0.6) is 5.88 Å². The number of amides is 2. The number of hydrogen-bond acceptors (Lipinski definition) is 5. The van der Waals surface area contributed by atoms with Crippen molar-refractivity contribution >= 4 is 42.3 Å². The van der Waals surface area contributed by atoms with E-state index in [1.165, 1.54) is 19.4 Å². The van der Waals surface area contributed by atoms with E-state index in [0.29, 0.717) is 12.2 Å². The van der Waals surface area contributed by atoms with Gasteiger partial charge in [-0.15, -0.1) is 24.8 Å². The van der Waals surface area contributed by atoms with Crippen molar-refractivity contribution < 1.29 is 14.3 Å². The molecule has 2 amide bonds. The lowest BCUT2D eigenvalue weighted by molar-refractivity contribution is -0.120. The summed E-state index contributed by atoms with van der Waals surface area (Å²) in [5.41, 5.74) is 5.84. The first-order chi connectivity index (χ1) is 9.61. The van der Waals surface area contributed by atoms with Gasteiger partial charge in [-0.3, -0.25) is 9.59 Å². The Bertz CT molecular complexity index is 522. The summed E-state index contributed by atoms with van der Waals surface area (Å²) in [5.74, 6) is -0.651. The molecule has 0 bridgehead atoms. The molecule has 1 atom stereocenters. The number of primary amides is 1. The number of ether oxygens (including phenoxy) is 1. The number of rotatable bonds is 4. The van der Waals surface area contributed by atoms with Crippen LogP contribution >= 0.6 is 24.8 Å². The molecule has 1 aliphatic rings. The second kappa shape index (κ2) is 9.45. The van der Waals surface area contributed by atoms with E-state index in [0.717, 1.165) is 19.4 Å². The molecular weight excluding hydrogens is 331 g/mol. The fourth-order valence-corrected chi connectivity index (χ4v) is 2.18. The Kier molecular flexibility index (Phi) is 8.77. The molecule has 9 heteroatoms. The number of carbonyl (C=O) groups is 2. The van der Waals surface area contributed by atoms with E-state index < -0.39 is 5.91 Å². The molecule has 0 aliphatic carbocycles. The fourth-order valence-electron chi connectivity index (χ4n) is 2.18. The van der Waals surface area contributed by atoms with E-state index >= 15 is 0 Å². The second-order valence-corrected chi connectivity index (χ2v) is 4.68. The number of nitrogens with zero attached hydrogens (tertiary/aromatic N) is 1. The number of piperidine rings is 1. The van der Waals surface area contributed by atoms with E-state index in [1.54, 1.807) is 0 Å². The average Bonchev–Trinajstić information content (AvgIpc) is 2.48. The maximum absolute atomic E-state index is 12.1. The Morgan fingerprint density at radius 2 is 2.18 bits per heavy atom. The fraction of sp³-hybridized carbons (Fsp3) is 0.462. The number of anilines is 1. The highest BCUT2D eigenvalue weighted by Gasteiger charge is 2.21. The minimum absolute atomic E-state index is 0. The van der Waals surface area contributed by atoms with Crippen molar-refractivity contribution in [3.05, 3.63) is 17.8 Å². The summed E-state index contributed by atoms with van der Waals surface area (Å²) in [5, 5.41) is 5.93. The monoisotopic (exact) mass is 350 g/mol. The largest absolute Gasteiger partial charge is 0.480 e. The summed E-state index contributed by atoms with van der Waals surface area (Å²) >= 11 is 0. The normalized spacial score (nSPS) is 16.7. The molecule has 1 fully saturated rings. The smallest absolute Gasteiger partial charge is 0.254 e. The molecule has 1 aliphatic heterocycles. The third-order valence-corrected chi connectivity index (χ3v) is 3.25. The predicted molar refractivity (Wildman–Crippen MR) is 88.0 cm³/mol. The molecule has 0 radical (unpaired) electrons. The van der Waals surface area contributed by atoms with Gasteiger partial charge in [0, 0.05) is 6.54 Å². The molecular formula is C13H20Cl2N4O3. The molecule has 124 valence electrons. The molecule has 7 nitrogen and oxygen atoms in total. The van der Waals surface area contributed by atoms with Crippen molar-refractivity contribution in [3.63, 3.8) is 0 Å². The van der Waals surface area contributed by atoms with Crippen LogP contribution in [-0.4, -0.2) is 37.0 Å². The Hall–Kier alpha value is -1.57. The maximum Gasteiger partial charge on any atom is 0.254 e. The van der Waals surface area contributed by atoms with Crippen LogP contribution < -0.4 is 21.1 Å². The van der Waals surface area contributed by atoms with Crippen molar-refractivity contribution in [1.29, 1.82) is 0 Å². The topological polar surface area (TPSA) is 106 Å². The summed E-state index contributed by atoms with van der Waals surface area (Å²) in [7, 11) is 1.40. The highest BCUT2D eigenvalue weighted by Crippen LogP contribution is 2.20. The van der Waals surface area contributed by atoms with E-state index in [2.05, 4.69) is 15.6 Å². The first-order valence-corrected chi connectivity index (χ1v) is 6.47. The van der Waals surface area contributed by atoms with Crippen molar-refractivity contribution in [1.82, 2.24) is 10.3 Å². The lowest BCUT2D eigenvalue weighted by Gasteiger charge is -2.21. The van der Waals surface area contributed by atoms with E-state index in [4.69, 9.17) is 10.5 Å². The van der Waals surface area contributed by atoms with Crippen LogP contribution in [-0.2, 0) is 4.79 Å². The Balaban J connectivity index is 0.00000220. The number of halogens is 2. The molecule has 2 rings (SSSR count). The Labute approximate surface area is 141 Å². The molecule has 1 unspecified atom stereocenters. The van der Waals surface area contributed by atoms with Gasteiger partial charge in [-0.1, -0.05) is 0 Å². The highest BCUT2D eigenvalue weighted by atomic mass is 35.5. The highest BCUT2D eigenvalue weighted by molar-refractivity contribution is 5.98. The lowest BCUT2D eigenvalue weighted by atomic mass is 9.99. The molecule has 1 aromatic rings. The minimum atomic E-state index is -0.648. The molecule has 1 aromatic heterocycles. The van der Waals surface area contributed by atoms with Gasteiger partial charge in [-0.2, -0.15) is 0 Å². The lowest BCUT2D eigenvalue weighted by Crippen LogP contribution is -2.37. The van der Waals surface area contributed by atoms with Gasteiger partial charge in [-0.25, -0.2) is 4.98 Å². The number of pyridine rings is 1. The first-order valence-electron chi connectivity index (χ1n) is 6.47. The van der Waals surface area contributed by atoms with E-state index in [-0.39, 0.29) is 48.1 Å². The zero-order chi connectivity index (χ0) is 14.5. The van der Waals surface area contributed by atoms with Crippen LogP contribution in [0, 0.1) is 5.92 Å². The predicted octanol–water partition coefficient (Wildman–Crippen LogP) is 0.971. The second-order valence-electron chi connectivity index (χ2n) is 4.68. The molecule has 0 aromatic carbocycles. The number of hydrogen-bond donors (Lipinski definition) is 3. The number of carbonyl (C=O) groups excluding carboxylic acids is 2. The number of methoxy groups -OCH3 is 1. The van der Waals surface area contributed by atoms with Crippen molar-refractivity contribution in [3.8, 4) is 5.88 Å². The molecule has 1 saturated heterocycles. The van der Waals surface area contributed by atoms with E-state index in [9.17, 15) is 9.59 Å².